The molecule has 1 unspecified atom stereocenters. The third-order valence-corrected chi connectivity index (χ3v) is 2.73. The van der Waals surface area contributed by atoms with Crippen molar-refractivity contribution in [1.29, 1.82) is 0 Å². The second kappa shape index (κ2) is 4.95. The average Bonchev–Trinajstić information content (AvgIpc) is 2.64. The minimum absolute atomic E-state index is 0.309. The maximum absolute atomic E-state index is 12.1. The first-order chi connectivity index (χ1) is 9.30. The molecule has 1 N–H and O–H groups in total. The molecule has 5 nitrogen and oxygen atoms in total. The van der Waals surface area contributed by atoms with Gasteiger partial charge in [0.25, 0.3) is 5.91 Å². The summed E-state index contributed by atoms with van der Waals surface area (Å²) in [5, 5.41) is 3.99. The molecule has 1 atom stereocenters. The lowest BCUT2D eigenvalue weighted by Crippen LogP contribution is -2.47. The number of halogens is 3. The van der Waals surface area contributed by atoms with Crippen LogP contribution in [0.4, 0.5) is 13.2 Å². The quantitative estimate of drug-likeness (QED) is 0.896. The molecule has 0 saturated heterocycles. The van der Waals surface area contributed by atoms with Crippen LogP contribution >= 0.6 is 0 Å². The molecule has 106 valence electrons. The van der Waals surface area contributed by atoms with E-state index in [1.807, 2.05) is 0 Å². The van der Waals surface area contributed by atoms with Crippen molar-refractivity contribution in [2.45, 2.75) is 19.0 Å². The standard InChI is InChI=1S/C12H10F3N3O2/c1-7-9(8-5-3-2-4-6-8)10(19)18(16-7)17-11(20)12(13,14)15/h2-6,9H,1H3,(H,17,20). The van der Waals surface area contributed by atoms with E-state index in [0.29, 0.717) is 16.4 Å². The lowest BCUT2D eigenvalue weighted by molar-refractivity contribution is -0.180. The molecule has 0 spiro atoms. The molecular formula is C12H10F3N3O2. The smallest absolute Gasteiger partial charge is 0.270 e. The zero-order valence-electron chi connectivity index (χ0n) is 10.3. The fourth-order valence-electron chi connectivity index (χ4n) is 1.83. The molecular weight excluding hydrogens is 275 g/mol. The monoisotopic (exact) mass is 285 g/mol. The number of carbonyl (C=O) groups excluding carboxylic acids is 2. The van der Waals surface area contributed by atoms with Gasteiger partial charge in [0.15, 0.2) is 0 Å². The number of hydrazone groups is 1. The van der Waals surface area contributed by atoms with Crippen LogP contribution in [0, 0.1) is 0 Å². The Hall–Kier alpha value is -2.38. The van der Waals surface area contributed by atoms with Gasteiger partial charge >= 0.3 is 12.1 Å². The Morgan fingerprint density at radius 3 is 2.45 bits per heavy atom. The first-order valence-electron chi connectivity index (χ1n) is 5.62. The lowest BCUT2D eigenvalue weighted by atomic mass is 9.95. The molecule has 1 heterocycles. The van der Waals surface area contributed by atoms with Crippen molar-refractivity contribution in [3.63, 3.8) is 0 Å². The largest absolute Gasteiger partial charge is 0.473 e. The summed E-state index contributed by atoms with van der Waals surface area (Å²) in [6.45, 7) is 1.51. The Morgan fingerprint density at radius 2 is 1.90 bits per heavy atom. The number of amides is 2. The van der Waals surface area contributed by atoms with Crippen molar-refractivity contribution in [3.05, 3.63) is 35.9 Å². The van der Waals surface area contributed by atoms with Crippen LogP contribution in [0.3, 0.4) is 0 Å². The highest BCUT2D eigenvalue weighted by molar-refractivity contribution is 6.12. The highest BCUT2D eigenvalue weighted by Crippen LogP contribution is 2.25. The topological polar surface area (TPSA) is 61.8 Å². The molecule has 1 aliphatic heterocycles. The predicted octanol–water partition coefficient (Wildman–Crippen LogP) is 1.58. The van der Waals surface area contributed by atoms with Gasteiger partial charge in [-0.1, -0.05) is 30.3 Å². The number of alkyl halides is 3. The zero-order valence-corrected chi connectivity index (χ0v) is 10.3. The molecule has 0 aliphatic carbocycles. The number of hydrogen-bond acceptors (Lipinski definition) is 3. The SMILES string of the molecule is CC1=NN(NC(=O)C(F)(F)F)C(=O)C1c1ccccc1. The number of hydrogen-bond donors (Lipinski definition) is 1. The molecule has 8 heteroatoms. The first kappa shape index (κ1) is 14.0. The third kappa shape index (κ3) is 2.63. The van der Waals surface area contributed by atoms with Crippen molar-refractivity contribution < 1.29 is 22.8 Å². The van der Waals surface area contributed by atoms with Gasteiger partial charge in [0, 0.05) is 0 Å². The maximum Gasteiger partial charge on any atom is 0.473 e. The van der Waals surface area contributed by atoms with Gasteiger partial charge in [-0.15, -0.1) is 5.12 Å². The van der Waals surface area contributed by atoms with Crippen LogP contribution in [0.5, 0.6) is 0 Å². The summed E-state index contributed by atoms with van der Waals surface area (Å²) in [7, 11) is 0. The summed E-state index contributed by atoms with van der Waals surface area (Å²) in [4.78, 5) is 22.8. The lowest BCUT2D eigenvalue weighted by Gasteiger charge is -2.16. The number of nitrogens with zero attached hydrogens (tertiary/aromatic N) is 2. The van der Waals surface area contributed by atoms with Gasteiger partial charge in [0.05, 0.1) is 5.71 Å². The summed E-state index contributed by atoms with van der Waals surface area (Å²) in [6, 6.07) is 8.48. The highest BCUT2D eigenvalue weighted by atomic mass is 19.4. The molecule has 0 bridgehead atoms. The van der Waals surface area contributed by atoms with Gasteiger partial charge < -0.3 is 0 Å². The summed E-state index contributed by atoms with van der Waals surface area (Å²) >= 11 is 0. The Balaban J connectivity index is 2.18. The fourth-order valence-corrected chi connectivity index (χ4v) is 1.83. The van der Waals surface area contributed by atoms with Crippen LogP contribution < -0.4 is 5.43 Å². The van der Waals surface area contributed by atoms with Crippen LogP contribution in [0.15, 0.2) is 35.4 Å². The molecule has 0 aromatic heterocycles. The van der Waals surface area contributed by atoms with Crippen LogP contribution in [0.1, 0.15) is 18.4 Å². The zero-order chi connectivity index (χ0) is 14.9. The summed E-state index contributed by atoms with van der Waals surface area (Å²) in [5.74, 6) is -3.76. The second-order valence-electron chi connectivity index (χ2n) is 4.17. The van der Waals surface area contributed by atoms with Crippen LogP contribution in [-0.4, -0.2) is 28.8 Å². The number of benzene rings is 1. The Morgan fingerprint density at radius 1 is 1.30 bits per heavy atom. The van der Waals surface area contributed by atoms with Gasteiger partial charge in [0.2, 0.25) is 0 Å². The van der Waals surface area contributed by atoms with Gasteiger partial charge in [-0.25, -0.2) is 5.43 Å². The van der Waals surface area contributed by atoms with E-state index < -0.39 is 23.9 Å². The summed E-state index contributed by atoms with van der Waals surface area (Å²) in [5.41, 5.74) is 2.34. The first-order valence-corrected chi connectivity index (χ1v) is 5.62. The second-order valence-corrected chi connectivity index (χ2v) is 4.17. The molecule has 2 amide bonds. The molecule has 1 aliphatic rings. The van der Waals surface area contributed by atoms with E-state index in [9.17, 15) is 22.8 Å². The third-order valence-electron chi connectivity index (χ3n) is 2.73. The van der Waals surface area contributed by atoms with Gasteiger partial charge in [-0.05, 0) is 12.5 Å². The molecule has 2 rings (SSSR count). The number of rotatable bonds is 2. The molecule has 0 fully saturated rings. The van der Waals surface area contributed by atoms with Crippen molar-refractivity contribution in [2.24, 2.45) is 5.10 Å². The fraction of sp³-hybridized carbons (Fsp3) is 0.250. The minimum atomic E-state index is -5.07. The van der Waals surface area contributed by atoms with E-state index in [-0.39, 0.29) is 0 Å². The molecule has 0 radical (unpaired) electrons. The van der Waals surface area contributed by atoms with E-state index in [2.05, 4.69) is 5.10 Å². The minimum Gasteiger partial charge on any atom is -0.270 e. The highest BCUT2D eigenvalue weighted by Gasteiger charge is 2.43. The van der Waals surface area contributed by atoms with E-state index >= 15 is 0 Å². The van der Waals surface area contributed by atoms with Crippen LogP contribution in [0.25, 0.3) is 0 Å². The molecule has 20 heavy (non-hydrogen) atoms. The van der Waals surface area contributed by atoms with Crippen molar-refractivity contribution in [3.8, 4) is 0 Å². The Bertz CT molecular complexity index is 569. The summed E-state index contributed by atoms with van der Waals surface area (Å²) in [6.07, 6.45) is -5.07. The van der Waals surface area contributed by atoms with E-state index in [0.717, 1.165) is 0 Å². The van der Waals surface area contributed by atoms with E-state index in [1.165, 1.54) is 12.3 Å². The number of nitrogens with one attached hydrogen (secondary N) is 1. The number of hydrazine groups is 1. The molecule has 1 aromatic carbocycles. The van der Waals surface area contributed by atoms with E-state index in [4.69, 9.17) is 0 Å². The van der Waals surface area contributed by atoms with Crippen molar-refractivity contribution in [1.82, 2.24) is 10.5 Å². The van der Waals surface area contributed by atoms with Crippen LogP contribution in [-0.2, 0) is 9.59 Å². The predicted molar refractivity (Wildman–Crippen MR) is 63.3 cm³/mol. The average molecular weight is 285 g/mol. The van der Waals surface area contributed by atoms with Crippen LogP contribution in [0.2, 0.25) is 0 Å². The maximum atomic E-state index is 12.1. The Kier molecular flexibility index (Phi) is 3.47. The van der Waals surface area contributed by atoms with Gasteiger partial charge in [-0.2, -0.15) is 18.3 Å². The van der Waals surface area contributed by atoms with Gasteiger partial charge in [-0.3, -0.25) is 9.59 Å². The Labute approximate surface area is 112 Å². The normalized spacial score (nSPS) is 19.0. The molecule has 1 aromatic rings. The van der Waals surface area contributed by atoms with Crippen molar-refractivity contribution in [2.75, 3.05) is 0 Å². The van der Waals surface area contributed by atoms with Gasteiger partial charge in [0.1, 0.15) is 5.92 Å². The number of carbonyl (C=O) groups is 2. The van der Waals surface area contributed by atoms with Crippen molar-refractivity contribution >= 4 is 17.5 Å². The molecule has 0 saturated carbocycles. The van der Waals surface area contributed by atoms with E-state index in [1.54, 1.807) is 30.3 Å². The summed E-state index contributed by atoms with van der Waals surface area (Å²) < 4.78 is 36.4.